The first-order valence-corrected chi connectivity index (χ1v) is 6.54. The van der Waals surface area contributed by atoms with Crippen LogP contribution < -0.4 is 4.74 Å². The van der Waals surface area contributed by atoms with Gasteiger partial charge in [-0.05, 0) is 42.8 Å². The summed E-state index contributed by atoms with van der Waals surface area (Å²) in [5.74, 6) is 0.823. The highest BCUT2D eigenvalue weighted by Gasteiger charge is 2.06. The molecule has 1 aliphatic carbocycles. The Morgan fingerprint density at radius 2 is 2.00 bits per heavy atom. The number of pyridine rings is 1. The smallest absolute Gasteiger partial charge is 0.121 e. The fourth-order valence-corrected chi connectivity index (χ4v) is 2.26. The lowest BCUT2D eigenvalue weighted by Gasteiger charge is -2.07. The molecule has 0 amide bonds. The van der Waals surface area contributed by atoms with Crippen molar-refractivity contribution in [2.45, 2.75) is 6.92 Å². The third-order valence-corrected chi connectivity index (χ3v) is 3.32. The molecule has 0 fully saturated rings. The van der Waals surface area contributed by atoms with Crippen LogP contribution in [0.15, 0.2) is 60.4 Å². The maximum Gasteiger partial charge on any atom is 0.121 e. The Labute approximate surface area is 118 Å². The van der Waals surface area contributed by atoms with Gasteiger partial charge in [0.25, 0.3) is 0 Å². The van der Waals surface area contributed by atoms with Gasteiger partial charge in [-0.3, -0.25) is 0 Å². The first-order valence-electron chi connectivity index (χ1n) is 6.54. The number of allylic oxidation sites excluding steroid dienone is 5. The maximum atomic E-state index is 5.27. The summed E-state index contributed by atoms with van der Waals surface area (Å²) in [7, 11) is 1.67. The second-order valence-corrected chi connectivity index (χ2v) is 4.68. The Kier molecular flexibility index (Phi) is 3.24. The second-order valence-electron chi connectivity index (χ2n) is 4.68. The number of aromatic nitrogens is 1. The molecule has 98 valence electrons. The van der Waals surface area contributed by atoms with Crippen molar-refractivity contribution >= 4 is 16.5 Å². The molecule has 0 atom stereocenters. The van der Waals surface area contributed by atoms with Crippen molar-refractivity contribution in [3.63, 3.8) is 0 Å². The summed E-state index contributed by atoms with van der Waals surface area (Å²) >= 11 is 0. The van der Waals surface area contributed by atoms with Gasteiger partial charge in [0.2, 0.25) is 0 Å². The standard InChI is InChI=1S/C18H15NO/c1-13-11-17(14-7-5-3-4-6-8-14)19-18-12-15(20-2)9-10-16(13)18/h3-7,9-12H,1-2H3. The molecule has 0 unspecified atom stereocenters. The van der Waals surface area contributed by atoms with Crippen LogP contribution in [0.4, 0.5) is 0 Å². The molecule has 0 bridgehead atoms. The highest BCUT2D eigenvalue weighted by Crippen LogP contribution is 2.25. The average molecular weight is 261 g/mol. The molecule has 1 heterocycles. The van der Waals surface area contributed by atoms with Crippen molar-refractivity contribution in [1.82, 2.24) is 4.98 Å². The van der Waals surface area contributed by atoms with Crippen molar-refractivity contribution in [3.05, 3.63) is 71.6 Å². The number of nitrogens with zero attached hydrogens (tertiary/aromatic N) is 1. The predicted molar refractivity (Wildman–Crippen MR) is 82.8 cm³/mol. The van der Waals surface area contributed by atoms with E-state index in [4.69, 9.17) is 9.72 Å². The quantitative estimate of drug-likeness (QED) is 0.755. The molecule has 0 aliphatic heterocycles. The molecule has 0 spiro atoms. The number of hydrogen-bond donors (Lipinski definition) is 0. The van der Waals surface area contributed by atoms with Crippen molar-refractivity contribution in [2.24, 2.45) is 0 Å². The topological polar surface area (TPSA) is 22.1 Å². The van der Waals surface area contributed by atoms with Gasteiger partial charge in [0, 0.05) is 17.0 Å². The van der Waals surface area contributed by atoms with Crippen LogP contribution in [-0.4, -0.2) is 12.1 Å². The molecule has 1 aliphatic rings. The Hall–Kier alpha value is -2.57. The van der Waals surface area contributed by atoms with E-state index in [1.807, 2.05) is 42.5 Å². The van der Waals surface area contributed by atoms with Gasteiger partial charge in [0.15, 0.2) is 0 Å². The van der Waals surface area contributed by atoms with Crippen molar-refractivity contribution in [1.29, 1.82) is 0 Å². The lowest BCUT2D eigenvalue weighted by molar-refractivity contribution is 0.415. The van der Waals surface area contributed by atoms with E-state index < -0.39 is 0 Å². The van der Waals surface area contributed by atoms with Crippen LogP contribution in [0.2, 0.25) is 0 Å². The lowest BCUT2D eigenvalue weighted by Crippen LogP contribution is -1.92. The first-order chi connectivity index (χ1) is 9.78. The fraction of sp³-hybridized carbons (Fsp3) is 0.111. The van der Waals surface area contributed by atoms with Crippen LogP contribution in [0.25, 0.3) is 16.5 Å². The summed E-state index contributed by atoms with van der Waals surface area (Å²) < 4.78 is 5.27. The summed E-state index contributed by atoms with van der Waals surface area (Å²) in [6.45, 7) is 2.10. The number of ether oxygens (including phenoxy) is 1. The number of hydrogen-bond acceptors (Lipinski definition) is 2. The summed E-state index contributed by atoms with van der Waals surface area (Å²) in [6, 6.07) is 8.08. The number of rotatable bonds is 2. The molecular formula is C18H15NO. The van der Waals surface area contributed by atoms with Gasteiger partial charge < -0.3 is 4.74 Å². The van der Waals surface area contributed by atoms with Crippen molar-refractivity contribution in [3.8, 4) is 5.75 Å². The summed E-state index contributed by atoms with van der Waals surface area (Å²) in [5.41, 5.74) is 7.31. The normalized spacial score (nSPS) is 13.4. The van der Waals surface area contributed by atoms with Gasteiger partial charge in [-0.2, -0.15) is 0 Å². The van der Waals surface area contributed by atoms with E-state index in [0.29, 0.717) is 0 Å². The third-order valence-electron chi connectivity index (χ3n) is 3.32. The van der Waals surface area contributed by atoms with Crippen molar-refractivity contribution < 1.29 is 4.74 Å². The zero-order chi connectivity index (χ0) is 13.9. The summed E-state index contributed by atoms with van der Waals surface area (Å²) in [5, 5.41) is 1.15. The van der Waals surface area contributed by atoms with Crippen LogP contribution in [0.1, 0.15) is 11.3 Å². The minimum absolute atomic E-state index is 0.823. The summed E-state index contributed by atoms with van der Waals surface area (Å²) in [4.78, 5) is 4.73. The van der Waals surface area contributed by atoms with E-state index in [9.17, 15) is 0 Å². The SMILES string of the molecule is COc1ccc2c(C)cc(C3=C=CC=CC=C3)nc2c1. The van der Waals surface area contributed by atoms with E-state index in [1.54, 1.807) is 7.11 Å². The molecule has 1 aromatic heterocycles. The minimum atomic E-state index is 0.823. The molecule has 20 heavy (non-hydrogen) atoms. The van der Waals surface area contributed by atoms with Gasteiger partial charge in [0.05, 0.1) is 18.3 Å². The highest BCUT2D eigenvalue weighted by molar-refractivity contribution is 5.86. The van der Waals surface area contributed by atoms with Gasteiger partial charge >= 0.3 is 0 Å². The monoisotopic (exact) mass is 261 g/mol. The van der Waals surface area contributed by atoms with E-state index >= 15 is 0 Å². The zero-order valence-corrected chi connectivity index (χ0v) is 11.6. The number of methoxy groups -OCH3 is 1. The van der Waals surface area contributed by atoms with Crippen LogP contribution in [0, 0.1) is 6.92 Å². The van der Waals surface area contributed by atoms with Gasteiger partial charge in [-0.15, -0.1) is 5.73 Å². The lowest BCUT2D eigenvalue weighted by atomic mass is 10.1. The molecule has 3 rings (SSSR count). The van der Waals surface area contributed by atoms with Gasteiger partial charge in [-0.25, -0.2) is 4.98 Å². The van der Waals surface area contributed by atoms with E-state index in [0.717, 1.165) is 27.9 Å². The van der Waals surface area contributed by atoms with Crippen LogP contribution in [0.5, 0.6) is 5.75 Å². The Bertz CT molecular complexity index is 790. The summed E-state index contributed by atoms with van der Waals surface area (Å²) in [6.07, 6.45) is 9.87. The molecule has 0 saturated carbocycles. The molecule has 2 aromatic rings. The molecule has 2 nitrogen and oxygen atoms in total. The Morgan fingerprint density at radius 3 is 2.85 bits per heavy atom. The maximum absolute atomic E-state index is 5.27. The molecule has 0 N–H and O–H groups in total. The van der Waals surface area contributed by atoms with E-state index in [2.05, 4.69) is 24.8 Å². The molecule has 2 heteroatoms. The third kappa shape index (κ3) is 2.29. The second kappa shape index (κ2) is 5.20. The molecule has 1 aromatic carbocycles. The van der Waals surface area contributed by atoms with Crippen LogP contribution >= 0.6 is 0 Å². The Balaban J connectivity index is 2.20. The minimum Gasteiger partial charge on any atom is -0.497 e. The zero-order valence-electron chi connectivity index (χ0n) is 11.6. The number of aryl methyl sites for hydroxylation is 1. The van der Waals surface area contributed by atoms with Crippen molar-refractivity contribution in [2.75, 3.05) is 7.11 Å². The predicted octanol–water partition coefficient (Wildman–Crippen LogP) is 4.22. The number of benzene rings is 1. The van der Waals surface area contributed by atoms with E-state index in [1.165, 1.54) is 5.56 Å². The molecule has 0 saturated heterocycles. The van der Waals surface area contributed by atoms with E-state index in [-0.39, 0.29) is 0 Å². The molecular weight excluding hydrogens is 246 g/mol. The molecule has 0 radical (unpaired) electrons. The van der Waals surface area contributed by atoms with Crippen LogP contribution in [0.3, 0.4) is 0 Å². The number of fused-ring (bicyclic) bond motifs is 1. The largest absolute Gasteiger partial charge is 0.497 e. The fourth-order valence-electron chi connectivity index (χ4n) is 2.26. The van der Waals surface area contributed by atoms with Gasteiger partial charge in [-0.1, -0.05) is 18.2 Å². The average Bonchev–Trinajstić information content (AvgIpc) is 2.75. The van der Waals surface area contributed by atoms with Gasteiger partial charge in [0.1, 0.15) is 5.75 Å². The first kappa shape index (κ1) is 12.5. The Morgan fingerprint density at radius 1 is 1.10 bits per heavy atom. The van der Waals surface area contributed by atoms with Crippen LogP contribution in [-0.2, 0) is 0 Å². The highest BCUT2D eigenvalue weighted by atomic mass is 16.5.